The second-order valence-corrected chi connectivity index (χ2v) is 8.54. The van der Waals surface area contributed by atoms with Crippen LogP contribution in [0.15, 0.2) is 71.0 Å². The lowest BCUT2D eigenvalue weighted by molar-refractivity contribution is -0.121. The van der Waals surface area contributed by atoms with Gasteiger partial charge in [-0.3, -0.25) is 9.69 Å². The zero-order chi connectivity index (χ0) is 21.6. The first kappa shape index (κ1) is 21.5. The van der Waals surface area contributed by atoms with E-state index in [4.69, 9.17) is 4.74 Å². The van der Waals surface area contributed by atoms with Crippen LogP contribution in [-0.4, -0.2) is 46.2 Å². The molecule has 2 heterocycles. The van der Waals surface area contributed by atoms with Gasteiger partial charge in [-0.25, -0.2) is 9.37 Å². The van der Waals surface area contributed by atoms with E-state index in [0.29, 0.717) is 18.8 Å². The molecule has 0 radical (unpaired) electrons. The summed E-state index contributed by atoms with van der Waals surface area (Å²) >= 11 is 1.38. The number of carbonyl (C=O) groups is 1. The first-order chi connectivity index (χ1) is 15.1. The van der Waals surface area contributed by atoms with Crippen molar-refractivity contribution in [3.8, 4) is 0 Å². The number of halogens is 1. The maximum atomic E-state index is 13.9. The van der Waals surface area contributed by atoms with Crippen LogP contribution in [0.25, 0.3) is 0 Å². The summed E-state index contributed by atoms with van der Waals surface area (Å²) in [5.74, 6) is -0.596. The lowest BCUT2D eigenvalue weighted by atomic mass is 10.1. The summed E-state index contributed by atoms with van der Waals surface area (Å²) in [5, 5.41) is 3.62. The standard InChI is InChI=1S/C23H25FN4O2S/c1-27-10-9-25-23(27)31-21-8-7-18(24)13-20(21)26-22(29)14-19-16-28(11-12-30-19)15-17-5-3-2-4-6-17/h2-10,13,19H,11-12,14-16H2,1H3,(H,26,29). The monoisotopic (exact) mass is 440 g/mol. The molecule has 0 saturated carbocycles. The number of rotatable bonds is 7. The highest BCUT2D eigenvalue weighted by atomic mass is 32.2. The van der Waals surface area contributed by atoms with Gasteiger partial charge in [0.05, 0.1) is 24.8 Å². The number of hydrogen-bond acceptors (Lipinski definition) is 5. The highest BCUT2D eigenvalue weighted by Crippen LogP contribution is 2.33. The van der Waals surface area contributed by atoms with Crippen molar-refractivity contribution in [2.24, 2.45) is 7.05 Å². The highest BCUT2D eigenvalue weighted by molar-refractivity contribution is 7.99. The van der Waals surface area contributed by atoms with Crippen LogP contribution in [-0.2, 0) is 23.1 Å². The number of nitrogens with one attached hydrogen (secondary N) is 1. The number of hydrogen-bond donors (Lipinski definition) is 1. The topological polar surface area (TPSA) is 59.4 Å². The fraction of sp³-hybridized carbons (Fsp3) is 0.304. The number of morpholine rings is 1. The lowest BCUT2D eigenvalue weighted by Crippen LogP contribution is -2.43. The third-order valence-corrected chi connectivity index (χ3v) is 6.23. The number of aromatic nitrogens is 2. The predicted octanol–water partition coefficient (Wildman–Crippen LogP) is 3.94. The van der Waals surface area contributed by atoms with Gasteiger partial charge >= 0.3 is 0 Å². The van der Waals surface area contributed by atoms with E-state index in [0.717, 1.165) is 23.1 Å². The molecule has 1 N–H and O–H groups in total. The zero-order valence-electron chi connectivity index (χ0n) is 17.3. The Labute approximate surface area is 185 Å². The Morgan fingerprint density at radius 1 is 1.29 bits per heavy atom. The Hall–Kier alpha value is -2.68. The summed E-state index contributed by atoms with van der Waals surface area (Å²) < 4.78 is 21.5. The Balaban J connectivity index is 1.37. The summed E-state index contributed by atoms with van der Waals surface area (Å²) in [6, 6.07) is 14.6. The maximum Gasteiger partial charge on any atom is 0.227 e. The summed E-state index contributed by atoms with van der Waals surface area (Å²) in [4.78, 5) is 20.0. The van der Waals surface area contributed by atoms with Gasteiger partial charge in [0.15, 0.2) is 5.16 Å². The van der Waals surface area contributed by atoms with Crippen molar-refractivity contribution in [2.45, 2.75) is 29.1 Å². The van der Waals surface area contributed by atoms with Gasteiger partial charge in [0.1, 0.15) is 5.82 Å². The van der Waals surface area contributed by atoms with Crippen LogP contribution in [0.4, 0.5) is 10.1 Å². The van der Waals surface area contributed by atoms with Gasteiger partial charge in [0.2, 0.25) is 5.91 Å². The van der Waals surface area contributed by atoms with E-state index in [1.807, 2.05) is 36.0 Å². The smallest absolute Gasteiger partial charge is 0.227 e. The van der Waals surface area contributed by atoms with Crippen LogP contribution < -0.4 is 5.32 Å². The third kappa shape index (κ3) is 5.94. The number of nitrogens with zero attached hydrogens (tertiary/aromatic N) is 3. The van der Waals surface area contributed by atoms with Gasteiger partial charge in [-0.15, -0.1) is 0 Å². The lowest BCUT2D eigenvalue weighted by Gasteiger charge is -2.32. The molecule has 4 rings (SSSR count). The molecule has 1 aliphatic heterocycles. The molecule has 2 aromatic carbocycles. The van der Waals surface area contributed by atoms with Gasteiger partial charge in [-0.2, -0.15) is 0 Å². The molecule has 1 atom stereocenters. The molecule has 1 aliphatic rings. The molecule has 0 spiro atoms. The van der Waals surface area contributed by atoms with Gasteiger partial charge in [-0.05, 0) is 35.5 Å². The first-order valence-electron chi connectivity index (χ1n) is 10.2. The van der Waals surface area contributed by atoms with Crippen molar-refractivity contribution in [1.82, 2.24) is 14.5 Å². The van der Waals surface area contributed by atoms with E-state index < -0.39 is 5.82 Å². The van der Waals surface area contributed by atoms with Crippen LogP contribution in [0.1, 0.15) is 12.0 Å². The third-order valence-electron chi connectivity index (χ3n) is 5.08. The van der Waals surface area contributed by atoms with Crippen molar-refractivity contribution in [1.29, 1.82) is 0 Å². The highest BCUT2D eigenvalue weighted by Gasteiger charge is 2.23. The molecule has 0 aliphatic carbocycles. The molecule has 8 heteroatoms. The Kier molecular flexibility index (Phi) is 7.01. The molecular weight excluding hydrogens is 415 g/mol. The average molecular weight is 441 g/mol. The number of anilines is 1. The average Bonchev–Trinajstić information content (AvgIpc) is 3.15. The normalized spacial score (nSPS) is 16.9. The Bertz CT molecular complexity index is 1030. The number of aryl methyl sites for hydroxylation is 1. The molecule has 1 unspecified atom stereocenters. The van der Waals surface area contributed by atoms with Gasteiger partial charge in [-0.1, -0.05) is 30.3 Å². The number of amides is 1. The van der Waals surface area contributed by atoms with Crippen LogP contribution in [0.3, 0.4) is 0 Å². The fourth-order valence-electron chi connectivity index (χ4n) is 3.53. The van der Waals surface area contributed by atoms with Gasteiger partial charge in [0.25, 0.3) is 0 Å². The Morgan fingerprint density at radius 3 is 2.90 bits per heavy atom. The van der Waals surface area contributed by atoms with E-state index >= 15 is 0 Å². The fourth-order valence-corrected chi connectivity index (χ4v) is 4.41. The van der Waals surface area contributed by atoms with Crippen LogP contribution in [0, 0.1) is 5.82 Å². The van der Waals surface area contributed by atoms with E-state index in [2.05, 4.69) is 27.3 Å². The van der Waals surface area contributed by atoms with Crippen molar-refractivity contribution < 1.29 is 13.9 Å². The van der Waals surface area contributed by atoms with Crippen molar-refractivity contribution >= 4 is 23.4 Å². The number of benzene rings is 2. The molecule has 1 saturated heterocycles. The molecule has 3 aromatic rings. The van der Waals surface area contributed by atoms with E-state index in [-0.39, 0.29) is 18.4 Å². The first-order valence-corrected chi connectivity index (χ1v) is 11.0. The van der Waals surface area contributed by atoms with E-state index in [1.54, 1.807) is 12.3 Å². The van der Waals surface area contributed by atoms with Crippen LogP contribution in [0.2, 0.25) is 0 Å². The van der Waals surface area contributed by atoms with Gasteiger partial charge in [0, 0.05) is 44.0 Å². The molecule has 1 aromatic heterocycles. The molecule has 6 nitrogen and oxygen atoms in total. The molecule has 1 amide bonds. The molecule has 0 bridgehead atoms. The minimum Gasteiger partial charge on any atom is -0.375 e. The van der Waals surface area contributed by atoms with Crippen molar-refractivity contribution in [3.05, 3.63) is 72.3 Å². The van der Waals surface area contributed by atoms with Crippen molar-refractivity contribution in [2.75, 3.05) is 25.0 Å². The summed E-state index contributed by atoms with van der Waals surface area (Å²) in [7, 11) is 1.89. The van der Waals surface area contributed by atoms with Crippen LogP contribution in [0.5, 0.6) is 0 Å². The minimum atomic E-state index is -0.401. The van der Waals surface area contributed by atoms with Crippen molar-refractivity contribution in [3.63, 3.8) is 0 Å². The molecule has 162 valence electrons. The van der Waals surface area contributed by atoms with Gasteiger partial charge < -0.3 is 14.6 Å². The summed E-state index contributed by atoms with van der Waals surface area (Å²) in [6.45, 7) is 2.93. The molecule has 31 heavy (non-hydrogen) atoms. The molecule has 1 fully saturated rings. The number of carbonyl (C=O) groups excluding carboxylic acids is 1. The number of imidazole rings is 1. The second-order valence-electron chi connectivity index (χ2n) is 7.53. The Morgan fingerprint density at radius 2 is 2.13 bits per heavy atom. The second kappa shape index (κ2) is 10.1. The number of ether oxygens (including phenoxy) is 1. The summed E-state index contributed by atoms with van der Waals surface area (Å²) in [6.07, 6.45) is 3.56. The van der Waals surface area contributed by atoms with Crippen LogP contribution >= 0.6 is 11.8 Å². The largest absolute Gasteiger partial charge is 0.375 e. The maximum absolute atomic E-state index is 13.9. The summed E-state index contributed by atoms with van der Waals surface area (Å²) in [5.41, 5.74) is 1.68. The quantitative estimate of drug-likeness (QED) is 0.603. The van der Waals surface area contributed by atoms with E-state index in [9.17, 15) is 9.18 Å². The zero-order valence-corrected chi connectivity index (χ0v) is 18.1. The predicted molar refractivity (Wildman–Crippen MR) is 118 cm³/mol. The molecular formula is C23H25FN4O2S. The van der Waals surface area contributed by atoms with E-state index in [1.165, 1.54) is 29.5 Å². The minimum absolute atomic E-state index is 0.196. The SMILES string of the molecule is Cn1ccnc1Sc1ccc(F)cc1NC(=O)CC1CN(Cc2ccccc2)CCO1.